The highest BCUT2D eigenvalue weighted by atomic mass is 16.5. The molecule has 6 heteroatoms. The highest BCUT2D eigenvalue weighted by Crippen LogP contribution is 2.35. The topological polar surface area (TPSA) is 78.9 Å². The van der Waals surface area contributed by atoms with Crippen LogP contribution in [0.4, 0.5) is 4.79 Å². The fraction of sp³-hybridized carbons (Fsp3) is 0.867. The van der Waals surface area contributed by atoms with Crippen molar-refractivity contribution in [3.63, 3.8) is 0 Å². The molecule has 2 amide bonds. The van der Waals surface area contributed by atoms with Gasteiger partial charge in [-0.05, 0) is 25.2 Å². The summed E-state index contributed by atoms with van der Waals surface area (Å²) < 4.78 is 5.30. The maximum atomic E-state index is 12.1. The van der Waals surface area contributed by atoms with Crippen LogP contribution in [0.3, 0.4) is 0 Å². The lowest BCUT2D eigenvalue weighted by atomic mass is 9.76. The van der Waals surface area contributed by atoms with Crippen molar-refractivity contribution in [1.29, 1.82) is 0 Å². The summed E-state index contributed by atoms with van der Waals surface area (Å²) in [5.74, 6) is -0.982. The normalized spacial score (nSPS) is 23.2. The number of nitrogens with one attached hydrogen (secondary N) is 1. The van der Waals surface area contributed by atoms with Gasteiger partial charge in [0, 0.05) is 6.54 Å². The molecule has 0 aromatic heterocycles. The third kappa shape index (κ3) is 4.33. The zero-order chi connectivity index (χ0) is 15.5. The molecular formula is C15H26N2O4. The Labute approximate surface area is 125 Å². The van der Waals surface area contributed by atoms with E-state index in [0.29, 0.717) is 13.1 Å². The van der Waals surface area contributed by atoms with Crippen LogP contribution in [0.25, 0.3) is 0 Å². The van der Waals surface area contributed by atoms with Crippen LogP contribution < -0.4 is 5.32 Å². The lowest BCUT2D eigenvalue weighted by molar-refractivity contribution is -0.159. The zero-order valence-electron chi connectivity index (χ0n) is 13.0. The number of ether oxygens (including phenoxy) is 1. The predicted octanol–water partition coefficient (Wildman–Crippen LogP) is 1.84. The Hall–Kier alpha value is -1.30. The van der Waals surface area contributed by atoms with Gasteiger partial charge >= 0.3 is 12.0 Å². The van der Waals surface area contributed by atoms with E-state index in [9.17, 15) is 9.59 Å². The molecule has 0 aromatic rings. The van der Waals surface area contributed by atoms with Gasteiger partial charge in [0.25, 0.3) is 0 Å². The van der Waals surface area contributed by atoms with Gasteiger partial charge in [0.15, 0.2) is 0 Å². The van der Waals surface area contributed by atoms with Gasteiger partial charge in [-0.2, -0.15) is 0 Å². The Balaban J connectivity index is 1.70. The van der Waals surface area contributed by atoms with E-state index in [1.54, 1.807) is 4.90 Å². The number of rotatable bonds is 5. The van der Waals surface area contributed by atoms with E-state index in [4.69, 9.17) is 9.84 Å². The van der Waals surface area contributed by atoms with Crippen LogP contribution in [0.5, 0.6) is 0 Å². The molecule has 0 atom stereocenters. The molecule has 0 unspecified atom stereocenters. The summed E-state index contributed by atoms with van der Waals surface area (Å²) in [6.45, 7) is 5.37. The Morgan fingerprint density at radius 3 is 2.38 bits per heavy atom. The summed E-state index contributed by atoms with van der Waals surface area (Å²) in [5, 5.41) is 11.6. The molecule has 1 heterocycles. The number of carboxylic acids is 1. The molecule has 0 spiro atoms. The van der Waals surface area contributed by atoms with Gasteiger partial charge < -0.3 is 20.1 Å². The number of aliphatic carboxylic acids is 1. The summed E-state index contributed by atoms with van der Waals surface area (Å²) in [4.78, 5) is 24.3. The first kappa shape index (κ1) is 16.1. The van der Waals surface area contributed by atoms with Crippen LogP contribution in [0.1, 0.15) is 46.0 Å². The SMILES string of the molecule is CC1(CNC(=O)N2CC(C)(OCC(=O)O)C2)CCCCC1. The fourth-order valence-electron chi connectivity index (χ4n) is 3.21. The first-order valence-corrected chi connectivity index (χ1v) is 7.71. The van der Waals surface area contributed by atoms with Gasteiger partial charge in [0.1, 0.15) is 12.2 Å². The summed E-state index contributed by atoms with van der Waals surface area (Å²) >= 11 is 0. The van der Waals surface area contributed by atoms with E-state index in [2.05, 4.69) is 12.2 Å². The van der Waals surface area contributed by atoms with Crippen LogP contribution in [0, 0.1) is 5.41 Å². The molecule has 0 aromatic carbocycles. The minimum atomic E-state index is -0.982. The van der Waals surface area contributed by atoms with Crippen molar-refractivity contribution < 1.29 is 19.4 Å². The monoisotopic (exact) mass is 298 g/mol. The quantitative estimate of drug-likeness (QED) is 0.812. The standard InChI is InChI=1S/C15H26N2O4/c1-14(6-4-3-5-7-14)9-16-13(20)17-10-15(2,11-17)21-8-12(18)19/h3-11H2,1-2H3,(H,16,20)(H,18,19). The average molecular weight is 298 g/mol. The molecule has 1 aliphatic carbocycles. The molecule has 0 radical (unpaired) electrons. The Kier molecular flexibility index (Phi) is 4.76. The van der Waals surface area contributed by atoms with Gasteiger partial charge in [-0.1, -0.05) is 26.2 Å². The first-order chi connectivity index (χ1) is 9.82. The average Bonchev–Trinajstić information content (AvgIpc) is 2.40. The molecule has 1 saturated carbocycles. The van der Waals surface area contributed by atoms with Crippen molar-refractivity contribution in [2.24, 2.45) is 5.41 Å². The molecule has 0 bridgehead atoms. The van der Waals surface area contributed by atoms with Crippen molar-refractivity contribution >= 4 is 12.0 Å². The fourth-order valence-corrected chi connectivity index (χ4v) is 3.21. The van der Waals surface area contributed by atoms with Crippen LogP contribution in [-0.2, 0) is 9.53 Å². The number of hydrogen-bond donors (Lipinski definition) is 2. The number of carbonyl (C=O) groups is 2. The molecule has 2 fully saturated rings. The molecular weight excluding hydrogens is 272 g/mol. The van der Waals surface area contributed by atoms with Gasteiger partial charge in [-0.15, -0.1) is 0 Å². The number of carboxylic acid groups (broad SMARTS) is 1. The Morgan fingerprint density at radius 1 is 1.19 bits per heavy atom. The largest absolute Gasteiger partial charge is 0.480 e. The van der Waals surface area contributed by atoms with Crippen molar-refractivity contribution in [2.75, 3.05) is 26.2 Å². The van der Waals surface area contributed by atoms with E-state index in [-0.39, 0.29) is 18.1 Å². The lowest BCUT2D eigenvalue weighted by Crippen LogP contribution is -2.65. The number of hydrogen-bond acceptors (Lipinski definition) is 3. The molecule has 1 saturated heterocycles. The van der Waals surface area contributed by atoms with E-state index in [1.807, 2.05) is 6.92 Å². The number of carbonyl (C=O) groups excluding carboxylic acids is 1. The summed E-state index contributed by atoms with van der Waals surface area (Å²) in [6.07, 6.45) is 6.14. The molecule has 1 aliphatic heterocycles. The molecule has 6 nitrogen and oxygen atoms in total. The molecule has 2 N–H and O–H groups in total. The van der Waals surface area contributed by atoms with E-state index < -0.39 is 11.6 Å². The minimum Gasteiger partial charge on any atom is -0.480 e. The highest BCUT2D eigenvalue weighted by Gasteiger charge is 2.43. The second kappa shape index (κ2) is 6.22. The number of nitrogens with zero attached hydrogens (tertiary/aromatic N) is 1. The summed E-state index contributed by atoms with van der Waals surface area (Å²) in [7, 11) is 0. The van der Waals surface area contributed by atoms with Crippen LogP contribution in [-0.4, -0.2) is 53.8 Å². The van der Waals surface area contributed by atoms with Crippen molar-refractivity contribution in [2.45, 2.75) is 51.6 Å². The third-order valence-electron chi connectivity index (χ3n) is 4.61. The van der Waals surface area contributed by atoms with Gasteiger partial charge in [-0.3, -0.25) is 0 Å². The number of urea groups is 1. The summed E-state index contributed by atoms with van der Waals surface area (Å²) in [6, 6.07) is -0.0711. The van der Waals surface area contributed by atoms with Gasteiger partial charge in [-0.25, -0.2) is 9.59 Å². The Bertz CT molecular complexity index is 398. The predicted molar refractivity (Wildman–Crippen MR) is 78.2 cm³/mol. The van der Waals surface area contributed by atoms with E-state index in [1.165, 1.54) is 32.1 Å². The maximum Gasteiger partial charge on any atom is 0.329 e. The minimum absolute atomic E-state index is 0.0711. The Morgan fingerprint density at radius 2 is 1.81 bits per heavy atom. The molecule has 2 aliphatic rings. The molecule has 2 rings (SSSR count). The highest BCUT2D eigenvalue weighted by molar-refractivity contribution is 5.75. The van der Waals surface area contributed by atoms with Crippen LogP contribution in [0.2, 0.25) is 0 Å². The first-order valence-electron chi connectivity index (χ1n) is 7.71. The van der Waals surface area contributed by atoms with E-state index in [0.717, 1.165) is 6.54 Å². The van der Waals surface area contributed by atoms with Gasteiger partial charge in [0.2, 0.25) is 0 Å². The van der Waals surface area contributed by atoms with Gasteiger partial charge in [0.05, 0.1) is 13.1 Å². The second-order valence-electron chi connectivity index (χ2n) is 7.02. The van der Waals surface area contributed by atoms with Crippen molar-refractivity contribution in [1.82, 2.24) is 10.2 Å². The summed E-state index contributed by atoms with van der Waals surface area (Å²) in [5.41, 5.74) is -0.299. The number of amides is 2. The van der Waals surface area contributed by atoms with Crippen molar-refractivity contribution in [3.05, 3.63) is 0 Å². The smallest absolute Gasteiger partial charge is 0.329 e. The lowest BCUT2D eigenvalue weighted by Gasteiger charge is -2.47. The van der Waals surface area contributed by atoms with Crippen LogP contribution in [0.15, 0.2) is 0 Å². The molecule has 21 heavy (non-hydrogen) atoms. The second-order valence-corrected chi connectivity index (χ2v) is 7.02. The van der Waals surface area contributed by atoms with Crippen molar-refractivity contribution in [3.8, 4) is 0 Å². The zero-order valence-corrected chi connectivity index (χ0v) is 13.0. The maximum absolute atomic E-state index is 12.1. The van der Waals surface area contributed by atoms with E-state index >= 15 is 0 Å². The third-order valence-corrected chi connectivity index (χ3v) is 4.61. The molecule has 120 valence electrons. The number of likely N-dealkylation sites (tertiary alicyclic amines) is 1. The van der Waals surface area contributed by atoms with Crippen LogP contribution >= 0.6 is 0 Å².